The maximum atomic E-state index is 12.6. The first-order valence-corrected chi connectivity index (χ1v) is 5.71. The largest absolute Gasteiger partial charge is 0.491 e. The average molecular weight is 276 g/mol. The normalized spacial score (nSPS) is 11.2. The number of hydrogen-bond acceptors (Lipinski definition) is 3. The Morgan fingerprint density at radius 1 is 1.32 bits per heavy atom. The maximum Gasteiger partial charge on any atom is 0.419 e. The number of hydrogen-bond donors (Lipinski definition) is 2. The molecule has 0 aliphatic rings. The number of amides is 1. The van der Waals surface area contributed by atoms with Gasteiger partial charge in [-0.1, -0.05) is 12.1 Å². The minimum Gasteiger partial charge on any atom is -0.491 e. The molecule has 3 N–H and O–H groups in total. The molecule has 106 valence electrons. The number of carbonyl (C=O) groups is 1. The molecule has 1 aromatic carbocycles. The van der Waals surface area contributed by atoms with E-state index >= 15 is 0 Å². The van der Waals surface area contributed by atoms with Crippen LogP contribution >= 0.6 is 0 Å². The number of benzene rings is 1. The summed E-state index contributed by atoms with van der Waals surface area (Å²) < 4.78 is 42.9. The van der Waals surface area contributed by atoms with Crippen LogP contribution in [0.25, 0.3) is 0 Å². The quantitative estimate of drug-likeness (QED) is 0.775. The minimum absolute atomic E-state index is 0.0383. The molecule has 0 atom stereocenters. The Kier molecular flexibility index (Phi) is 5.62. The lowest BCUT2D eigenvalue weighted by Crippen LogP contribution is -2.29. The Labute approximate surface area is 108 Å². The van der Waals surface area contributed by atoms with Crippen molar-refractivity contribution in [3.8, 4) is 5.75 Å². The Morgan fingerprint density at radius 2 is 2.00 bits per heavy atom. The van der Waals surface area contributed by atoms with Crippen LogP contribution < -0.4 is 15.8 Å². The molecule has 0 fully saturated rings. The highest BCUT2D eigenvalue weighted by atomic mass is 19.4. The van der Waals surface area contributed by atoms with Crippen LogP contribution in [0.15, 0.2) is 24.3 Å². The number of halogens is 3. The van der Waals surface area contributed by atoms with Gasteiger partial charge < -0.3 is 15.8 Å². The van der Waals surface area contributed by atoms with Crippen molar-refractivity contribution in [3.63, 3.8) is 0 Å². The van der Waals surface area contributed by atoms with Gasteiger partial charge in [0, 0.05) is 13.0 Å². The number of carbonyl (C=O) groups excluding carboxylic acids is 1. The third kappa shape index (κ3) is 5.17. The summed E-state index contributed by atoms with van der Waals surface area (Å²) in [4.78, 5) is 11.1. The van der Waals surface area contributed by atoms with E-state index in [0.29, 0.717) is 0 Å². The fourth-order valence-corrected chi connectivity index (χ4v) is 1.40. The van der Waals surface area contributed by atoms with Gasteiger partial charge in [0.05, 0.1) is 12.1 Å². The van der Waals surface area contributed by atoms with Crippen molar-refractivity contribution in [2.24, 2.45) is 5.73 Å². The summed E-state index contributed by atoms with van der Waals surface area (Å²) in [6.07, 6.45) is -4.28. The van der Waals surface area contributed by atoms with Gasteiger partial charge in [0.1, 0.15) is 12.4 Å². The van der Waals surface area contributed by atoms with Gasteiger partial charge in [-0.15, -0.1) is 0 Å². The molecule has 1 aromatic rings. The molecule has 1 amide bonds. The third-order valence-corrected chi connectivity index (χ3v) is 2.25. The van der Waals surface area contributed by atoms with E-state index in [4.69, 9.17) is 10.5 Å². The number of nitrogens with two attached hydrogens (primary N) is 1. The summed E-state index contributed by atoms with van der Waals surface area (Å²) >= 11 is 0. The lowest BCUT2D eigenvalue weighted by Gasteiger charge is -2.13. The van der Waals surface area contributed by atoms with Crippen LogP contribution in [-0.4, -0.2) is 25.6 Å². The second-order valence-corrected chi connectivity index (χ2v) is 3.73. The fraction of sp³-hybridized carbons (Fsp3) is 0.417. The number of alkyl halides is 3. The van der Waals surface area contributed by atoms with E-state index in [0.717, 1.165) is 6.07 Å². The van der Waals surface area contributed by atoms with Gasteiger partial charge in [0.15, 0.2) is 0 Å². The van der Waals surface area contributed by atoms with E-state index in [1.807, 2.05) is 0 Å². The Bertz CT molecular complexity index is 422. The highest BCUT2D eigenvalue weighted by molar-refractivity contribution is 5.75. The van der Waals surface area contributed by atoms with Crippen molar-refractivity contribution in [1.82, 2.24) is 5.32 Å². The van der Waals surface area contributed by atoms with Crippen LogP contribution in [0.5, 0.6) is 5.75 Å². The summed E-state index contributed by atoms with van der Waals surface area (Å²) in [7, 11) is 0. The van der Waals surface area contributed by atoms with Crippen LogP contribution in [0.3, 0.4) is 0 Å². The van der Waals surface area contributed by atoms with E-state index in [2.05, 4.69) is 5.32 Å². The molecule has 1 rings (SSSR count). The van der Waals surface area contributed by atoms with Gasteiger partial charge in [-0.05, 0) is 12.1 Å². The molecule has 19 heavy (non-hydrogen) atoms. The van der Waals surface area contributed by atoms with Gasteiger partial charge in [0.2, 0.25) is 5.91 Å². The molecule has 0 heterocycles. The second-order valence-electron chi connectivity index (χ2n) is 3.73. The zero-order valence-electron chi connectivity index (χ0n) is 10.2. The van der Waals surface area contributed by atoms with Gasteiger partial charge in [-0.25, -0.2) is 0 Å². The molecule has 0 radical (unpaired) electrons. The summed E-state index contributed by atoms with van der Waals surface area (Å²) in [5.41, 5.74) is 4.35. The SMILES string of the molecule is NCCC(=O)NCCOc1ccccc1C(F)(F)F. The molecular formula is C12H15F3N2O2. The van der Waals surface area contributed by atoms with E-state index in [-0.39, 0.29) is 37.8 Å². The summed E-state index contributed by atoms with van der Waals surface area (Å²) in [5.74, 6) is -0.502. The molecular weight excluding hydrogens is 261 g/mol. The molecule has 7 heteroatoms. The molecule has 0 aromatic heterocycles. The number of rotatable bonds is 6. The highest BCUT2D eigenvalue weighted by Crippen LogP contribution is 2.35. The van der Waals surface area contributed by atoms with E-state index in [9.17, 15) is 18.0 Å². The Balaban J connectivity index is 2.48. The lowest BCUT2D eigenvalue weighted by molar-refractivity contribution is -0.139. The third-order valence-electron chi connectivity index (χ3n) is 2.25. The van der Waals surface area contributed by atoms with Crippen LogP contribution in [-0.2, 0) is 11.0 Å². The van der Waals surface area contributed by atoms with E-state index in [1.165, 1.54) is 18.2 Å². The van der Waals surface area contributed by atoms with Crippen molar-refractivity contribution >= 4 is 5.91 Å². The number of ether oxygens (including phenoxy) is 1. The predicted molar refractivity (Wildman–Crippen MR) is 63.6 cm³/mol. The maximum absolute atomic E-state index is 12.6. The van der Waals surface area contributed by atoms with Crippen LogP contribution in [0, 0.1) is 0 Å². The van der Waals surface area contributed by atoms with Crippen LogP contribution in [0.1, 0.15) is 12.0 Å². The van der Waals surface area contributed by atoms with Gasteiger partial charge in [-0.2, -0.15) is 13.2 Å². The minimum atomic E-state index is -4.46. The summed E-state index contributed by atoms with van der Waals surface area (Å²) in [6.45, 7) is 0.317. The van der Waals surface area contributed by atoms with Gasteiger partial charge in [-0.3, -0.25) is 4.79 Å². The van der Waals surface area contributed by atoms with Crippen molar-refractivity contribution in [2.45, 2.75) is 12.6 Å². The number of nitrogens with one attached hydrogen (secondary N) is 1. The lowest BCUT2D eigenvalue weighted by atomic mass is 10.2. The monoisotopic (exact) mass is 276 g/mol. The topological polar surface area (TPSA) is 64.4 Å². The van der Waals surface area contributed by atoms with Crippen LogP contribution in [0.2, 0.25) is 0 Å². The first kappa shape index (κ1) is 15.3. The van der Waals surface area contributed by atoms with Crippen molar-refractivity contribution in [3.05, 3.63) is 29.8 Å². The van der Waals surface area contributed by atoms with E-state index in [1.54, 1.807) is 0 Å². The van der Waals surface area contributed by atoms with Gasteiger partial charge in [0.25, 0.3) is 0 Å². The van der Waals surface area contributed by atoms with Crippen LogP contribution in [0.4, 0.5) is 13.2 Å². The zero-order valence-corrected chi connectivity index (χ0v) is 10.2. The smallest absolute Gasteiger partial charge is 0.419 e. The first-order valence-electron chi connectivity index (χ1n) is 5.71. The fourth-order valence-electron chi connectivity index (χ4n) is 1.40. The first-order chi connectivity index (χ1) is 8.95. The highest BCUT2D eigenvalue weighted by Gasteiger charge is 2.33. The van der Waals surface area contributed by atoms with E-state index < -0.39 is 11.7 Å². The zero-order chi connectivity index (χ0) is 14.3. The summed E-state index contributed by atoms with van der Waals surface area (Å²) in [5, 5.41) is 2.49. The molecule has 0 aliphatic heterocycles. The predicted octanol–water partition coefficient (Wildman–Crippen LogP) is 1.55. The van der Waals surface area contributed by atoms with Crippen molar-refractivity contribution in [2.75, 3.05) is 19.7 Å². The Morgan fingerprint density at radius 3 is 2.63 bits per heavy atom. The molecule has 0 spiro atoms. The van der Waals surface area contributed by atoms with Crippen molar-refractivity contribution in [1.29, 1.82) is 0 Å². The average Bonchev–Trinajstić information content (AvgIpc) is 2.34. The standard InChI is InChI=1S/C12H15F3N2O2/c13-12(14,15)9-3-1-2-4-10(9)19-8-7-17-11(18)5-6-16/h1-4H,5-8,16H2,(H,17,18). The van der Waals surface area contributed by atoms with Gasteiger partial charge >= 0.3 is 6.18 Å². The molecule has 4 nitrogen and oxygen atoms in total. The molecule has 0 unspecified atom stereocenters. The Hall–Kier alpha value is -1.76. The van der Waals surface area contributed by atoms with Crippen molar-refractivity contribution < 1.29 is 22.7 Å². The number of para-hydroxylation sites is 1. The summed E-state index contributed by atoms with van der Waals surface area (Å²) in [6, 6.07) is 4.93. The molecule has 0 aliphatic carbocycles. The molecule has 0 saturated carbocycles. The molecule has 0 bridgehead atoms. The molecule has 0 saturated heterocycles. The second kappa shape index (κ2) is 6.98.